The van der Waals surface area contributed by atoms with Gasteiger partial charge in [-0.3, -0.25) is 4.79 Å². The van der Waals surface area contributed by atoms with Crippen LogP contribution in [0.4, 0.5) is 10.1 Å². The fourth-order valence-corrected chi connectivity index (χ4v) is 2.33. The molecule has 0 aliphatic carbocycles. The maximum absolute atomic E-state index is 13.2. The first-order chi connectivity index (χ1) is 9.65. The van der Waals surface area contributed by atoms with Gasteiger partial charge in [0.05, 0.1) is 17.3 Å². The summed E-state index contributed by atoms with van der Waals surface area (Å²) >= 11 is 5.95. The van der Waals surface area contributed by atoms with E-state index >= 15 is 0 Å². The second-order valence-corrected chi connectivity index (χ2v) is 4.88. The fourth-order valence-electron chi connectivity index (χ4n) is 2.12. The summed E-state index contributed by atoms with van der Waals surface area (Å²) in [5.41, 5.74) is 0.972. The van der Waals surface area contributed by atoms with Gasteiger partial charge < -0.3 is 10.1 Å². The van der Waals surface area contributed by atoms with Crippen molar-refractivity contribution in [1.82, 2.24) is 0 Å². The van der Waals surface area contributed by atoms with E-state index in [9.17, 15) is 9.18 Å². The number of anilines is 1. The second-order valence-electron chi connectivity index (χ2n) is 4.47. The van der Waals surface area contributed by atoms with Gasteiger partial charge in [0.2, 0.25) is 5.78 Å². The highest BCUT2D eigenvalue weighted by molar-refractivity contribution is 6.34. The number of ether oxygens (including phenoxy) is 1. The summed E-state index contributed by atoms with van der Waals surface area (Å²) in [7, 11) is 0. The Morgan fingerprint density at radius 2 is 2.10 bits per heavy atom. The van der Waals surface area contributed by atoms with Crippen LogP contribution >= 0.6 is 11.6 Å². The first kappa shape index (κ1) is 12.9. The highest BCUT2D eigenvalue weighted by Crippen LogP contribution is 2.30. The number of benzene rings is 2. The van der Waals surface area contributed by atoms with Gasteiger partial charge >= 0.3 is 0 Å². The Labute approximate surface area is 120 Å². The zero-order chi connectivity index (χ0) is 14.1. The van der Waals surface area contributed by atoms with Crippen molar-refractivity contribution in [2.24, 2.45) is 0 Å². The number of hydrogen-bond donors (Lipinski definition) is 1. The third-order valence-electron chi connectivity index (χ3n) is 3.12. The molecule has 0 saturated heterocycles. The molecular weight excluding hydrogens is 281 g/mol. The Morgan fingerprint density at radius 1 is 1.30 bits per heavy atom. The summed E-state index contributed by atoms with van der Waals surface area (Å²) in [6, 6.07) is 11.1. The van der Waals surface area contributed by atoms with E-state index in [1.165, 1.54) is 12.1 Å². The van der Waals surface area contributed by atoms with Gasteiger partial charge in [-0.1, -0.05) is 23.7 Å². The zero-order valence-electron chi connectivity index (χ0n) is 10.4. The van der Waals surface area contributed by atoms with Gasteiger partial charge in [-0.15, -0.1) is 0 Å². The molecule has 0 fully saturated rings. The molecule has 1 aliphatic rings. The molecule has 102 valence electrons. The van der Waals surface area contributed by atoms with Crippen molar-refractivity contribution in [3.05, 3.63) is 58.9 Å². The largest absolute Gasteiger partial charge is 0.478 e. The Bertz CT molecular complexity index is 675. The summed E-state index contributed by atoms with van der Waals surface area (Å²) in [6.45, 7) is 0.322. The molecule has 2 aromatic carbocycles. The first-order valence-electron chi connectivity index (χ1n) is 6.14. The maximum atomic E-state index is 13.2. The van der Waals surface area contributed by atoms with Crippen LogP contribution < -0.4 is 10.1 Å². The number of carbonyl (C=O) groups is 1. The predicted molar refractivity (Wildman–Crippen MR) is 75.1 cm³/mol. The minimum Gasteiger partial charge on any atom is -0.478 e. The zero-order valence-corrected chi connectivity index (χ0v) is 11.2. The van der Waals surface area contributed by atoms with Crippen molar-refractivity contribution in [1.29, 1.82) is 0 Å². The van der Waals surface area contributed by atoms with Crippen LogP contribution in [0, 0.1) is 5.82 Å². The number of carbonyl (C=O) groups excluding carboxylic acids is 1. The second kappa shape index (κ2) is 5.13. The van der Waals surface area contributed by atoms with Crippen LogP contribution in [0.5, 0.6) is 5.75 Å². The monoisotopic (exact) mass is 291 g/mol. The standard InChI is InChI=1S/C15H11ClFNO2/c16-11-6-5-9(17)7-10(11)15(19)14-8-18-12-3-1-2-4-13(12)20-14/h1-7,14,18H,8H2. The average molecular weight is 292 g/mol. The molecule has 0 aromatic heterocycles. The summed E-state index contributed by atoms with van der Waals surface area (Å²) in [6.07, 6.45) is -0.718. The van der Waals surface area contributed by atoms with Crippen LogP contribution in [-0.2, 0) is 0 Å². The molecule has 20 heavy (non-hydrogen) atoms. The first-order valence-corrected chi connectivity index (χ1v) is 6.52. The number of halogens is 2. The van der Waals surface area contributed by atoms with Crippen molar-refractivity contribution in [3.63, 3.8) is 0 Å². The molecular formula is C15H11ClFNO2. The molecule has 3 nitrogen and oxygen atoms in total. The van der Waals surface area contributed by atoms with Crippen molar-refractivity contribution in [2.45, 2.75) is 6.10 Å². The number of fused-ring (bicyclic) bond motifs is 1. The summed E-state index contributed by atoms with van der Waals surface area (Å²) in [5.74, 6) is -0.233. The Morgan fingerprint density at radius 3 is 2.95 bits per heavy atom. The summed E-state index contributed by atoms with van der Waals surface area (Å²) in [5, 5.41) is 3.34. The number of nitrogens with one attached hydrogen (secondary N) is 1. The third kappa shape index (κ3) is 2.34. The minimum absolute atomic E-state index is 0.137. The molecule has 1 aliphatic heterocycles. The number of para-hydroxylation sites is 2. The molecule has 2 aromatic rings. The highest BCUT2D eigenvalue weighted by atomic mass is 35.5. The van der Waals surface area contributed by atoms with Gasteiger partial charge in [-0.25, -0.2) is 4.39 Å². The van der Waals surface area contributed by atoms with E-state index in [-0.39, 0.29) is 16.4 Å². The molecule has 3 rings (SSSR count). The molecule has 0 amide bonds. The number of rotatable bonds is 2. The normalized spacial score (nSPS) is 16.8. The molecule has 1 atom stereocenters. The molecule has 1 unspecified atom stereocenters. The van der Waals surface area contributed by atoms with Crippen molar-refractivity contribution < 1.29 is 13.9 Å². The lowest BCUT2D eigenvalue weighted by Gasteiger charge is -2.26. The van der Waals surface area contributed by atoms with Crippen LogP contribution in [0.15, 0.2) is 42.5 Å². The molecule has 0 spiro atoms. The van der Waals surface area contributed by atoms with E-state index in [1.54, 1.807) is 6.07 Å². The van der Waals surface area contributed by atoms with Gasteiger partial charge in [-0.05, 0) is 30.3 Å². The van der Waals surface area contributed by atoms with Crippen LogP contribution in [0.3, 0.4) is 0 Å². The van der Waals surface area contributed by atoms with Crippen LogP contribution in [-0.4, -0.2) is 18.4 Å². The van der Waals surface area contributed by atoms with Crippen molar-refractivity contribution in [2.75, 3.05) is 11.9 Å². The lowest BCUT2D eigenvalue weighted by molar-refractivity contribution is 0.0801. The van der Waals surface area contributed by atoms with Crippen LogP contribution in [0.25, 0.3) is 0 Å². The Balaban J connectivity index is 1.88. The van der Waals surface area contributed by atoms with Gasteiger partial charge in [0, 0.05) is 5.56 Å². The van der Waals surface area contributed by atoms with Crippen LogP contribution in [0.2, 0.25) is 5.02 Å². The van der Waals surface area contributed by atoms with E-state index < -0.39 is 11.9 Å². The van der Waals surface area contributed by atoms with Gasteiger partial charge in [0.1, 0.15) is 11.6 Å². The Hall–Kier alpha value is -2.07. The number of Topliss-reactive ketones (excluding diaryl/α,β-unsaturated/α-hetero) is 1. The maximum Gasteiger partial charge on any atom is 0.206 e. The molecule has 1 N–H and O–H groups in total. The minimum atomic E-state index is -0.718. The van der Waals surface area contributed by atoms with Gasteiger partial charge in [0.15, 0.2) is 6.10 Å². The predicted octanol–water partition coefficient (Wildman–Crippen LogP) is 3.53. The number of hydrogen-bond acceptors (Lipinski definition) is 3. The van der Waals surface area contributed by atoms with E-state index in [0.29, 0.717) is 12.3 Å². The molecule has 0 radical (unpaired) electrons. The molecule has 1 heterocycles. The lowest BCUT2D eigenvalue weighted by atomic mass is 10.0. The topological polar surface area (TPSA) is 38.3 Å². The molecule has 0 bridgehead atoms. The van der Waals surface area contributed by atoms with Gasteiger partial charge in [0.25, 0.3) is 0 Å². The van der Waals surface area contributed by atoms with E-state index in [4.69, 9.17) is 16.3 Å². The molecule has 0 saturated carbocycles. The van der Waals surface area contributed by atoms with Crippen molar-refractivity contribution in [3.8, 4) is 5.75 Å². The summed E-state index contributed by atoms with van der Waals surface area (Å²) in [4.78, 5) is 12.4. The number of ketones is 1. The third-order valence-corrected chi connectivity index (χ3v) is 3.45. The van der Waals surface area contributed by atoms with E-state index in [1.807, 2.05) is 18.2 Å². The van der Waals surface area contributed by atoms with E-state index in [2.05, 4.69) is 5.32 Å². The lowest BCUT2D eigenvalue weighted by Crippen LogP contribution is -2.37. The highest BCUT2D eigenvalue weighted by Gasteiger charge is 2.28. The molecule has 5 heteroatoms. The SMILES string of the molecule is O=C(c1cc(F)ccc1Cl)C1CNc2ccccc2O1. The van der Waals surface area contributed by atoms with E-state index in [0.717, 1.165) is 11.8 Å². The summed E-state index contributed by atoms with van der Waals surface area (Å²) < 4.78 is 18.9. The van der Waals surface area contributed by atoms with Crippen molar-refractivity contribution >= 4 is 23.1 Å². The Kier molecular flexibility index (Phi) is 3.32. The smallest absolute Gasteiger partial charge is 0.206 e. The van der Waals surface area contributed by atoms with Gasteiger partial charge in [-0.2, -0.15) is 0 Å². The average Bonchev–Trinajstić information content (AvgIpc) is 2.48. The van der Waals surface area contributed by atoms with Crippen LogP contribution in [0.1, 0.15) is 10.4 Å². The fraction of sp³-hybridized carbons (Fsp3) is 0.133. The quantitative estimate of drug-likeness (QED) is 0.860.